The zero-order valence-corrected chi connectivity index (χ0v) is 13.4. The lowest BCUT2D eigenvalue weighted by Gasteiger charge is -2.24. The van der Waals surface area contributed by atoms with Crippen LogP contribution in [-0.4, -0.2) is 49.9 Å². The van der Waals surface area contributed by atoms with E-state index in [0.717, 1.165) is 38.0 Å². The second-order valence-corrected chi connectivity index (χ2v) is 8.40. The number of anilines is 1. The molecule has 2 fully saturated rings. The molecule has 120 valence electrons. The first kappa shape index (κ1) is 15.3. The maximum absolute atomic E-state index is 12.3. The van der Waals surface area contributed by atoms with Gasteiger partial charge in [0.15, 0.2) is 9.84 Å². The van der Waals surface area contributed by atoms with Crippen LogP contribution in [0.3, 0.4) is 0 Å². The lowest BCUT2D eigenvalue weighted by Crippen LogP contribution is -2.34. The Kier molecular flexibility index (Phi) is 4.38. The Labute approximate surface area is 131 Å². The van der Waals surface area contributed by atoms with Crippen LogP contribution in [0.2, 0.25) is 0 Å². The molecule has 22 heavy (non-hydrogen) atoms. The van der Waals surface area contributed by atoms with E-state index in [1.807, 2.05) is 29.2 Å². The van der Waals surface area contributed by atoms with Crippen molar-refractivity contribution in [2.24, 2.45) is 0 Å². The quantitative estimate of drug-likeness (QED) is 0.923. The molecule has 0 aromatic heterocycles. The molecule has 2 saturated heterocycles. The Morgan fingerprint density at radius 1 is 1.09 bits per heavy atom. The fraction of sp³-hybridized carbons (Fsp3) is 0.562. The fourth-order valence-electron chi connectivity index (χ4n) is 3.18. The van der Waals surface area contributed by atoms with Gasteiger partial charge in [-0.05, 0) is 49.9 Å². The lowest BCUT2D eigenvalue weighted by molar-refractivity contribution is 0.0793. The molecule has 1 N–H and O–H groups in total. The summed E-state index contributed by atoms with van der Waals surface area (Å²) in [7, 11) is -2.91. The largest absolute Gasteiger partial charge is 0.381 e. The molecule has 0 bridgehead atoms. The van der Waals surface area contributed by atoms with Gasteiger partial charge in [-0.25, -0.2) is 8.42 Å². The average molecular weight is 322 g/mol. The van der Waals surface area contributed by atoms with Gasteiger partial charge in [-0.3, -0.25) is 4.79 Å². The highest BCUT2D eigenvalue weighted by atomic mass is 32.2. The molecule has 1 amide bonds. The highest BCUT2D eigenvalue weighted by Gasteiger charge is 2.24. The van der Waals surface area contributed by atoms with Crippen molar-refractivity contribution >= 4 is 21.4 Å². The maximum Gasteiger partial charge on any atom is 0.253 e. The first-order chi connectivity index (χ1) is 10.5. The van der Waals surface area contributed by atoms with Crippen LogP contribution in [-0.2, 0) is 9.84 Å². The summed E-state index contributed by atoms with van der Waals surface area (Å²) < 4.78 is 23.3. The normalized spacial score (nSPS) is 24.2. The van der Waals surface area contributed by atoms with Crippen molar-refractivity contribution in [3.05, 3.63) is 29.8 Å². The molecular formula is C16H22N2O3S. The molecule has 0 spiro atoms. The third kappa shape index (κ3) is 3.61. The second-order valence-electron chi connectivity index (χ2n) is 6.17. The standard InChI is InChI=1S/C16H22N2O3S/c19-16(18-9-1-2-10-18)13-5-7-14(8-6-13)17-15-4-3-11-22(20,21)12-15/h5-8,15,17H,1-4,9-12H2. The van der Waals surface area contributed by atoms with Crippen LogP contribution < -0.4 is 5.32 Å². The van der Waals surface area contributed by atoms with Crippen molar-refractivity contribution in [1.82, 2.24) is 4.90 Å². The van der Waals surface area contributed by atoms with Crippen molar-refractivity contribution in [1.29, 1.82) is 0 Å². The summed E-state index contributed by atoms with van der Waals surface area (Å²) in [5.74, 6) is 0.583. The van der Waals surface area contributed by atoms with Gasteiger partial charge >= 0.3 is 0 Å². The Balaban J connectivity index is 1.63. The third-order valence-corrected chi connectivity index (χ3v) is 6.18. The van der Waals surface area contributed by atoms with Crippen molar-refractivity contribution in [2.45, 2.75) is 31.7 Å². The minimum Gasteiger partial charge on any atom is -0.381 e. The molecule has 0 radical (unpaired) electrons. The van der Waals surface area contributed by atoms with Crippen LogP contribution >= 0.6 is 0 Å². The third-order valence-electron chi connectivity index (χ3n) is 4.36. The van der Waals surface area contributed by atoms with Crippen molar-refractivity contribution in [2.75, 3.05) is 29.9 Å². The topological polar surface area (TPSA) is 66.5 Å². The molecule has 2 aliphatic rings. The fourth-order valence-corrected chi connectivity index (χ4v) is 4.82. The van der Waals surface area contributed by atoms with Gasteiger partial charge in [-0.15, -0.1) is 0 Å². The molecule has 1 atom stereocenters. The van der Waals surface area contributed by atoms with Gasteiger partial charge in [0.2, 0.25) is 0 Å². The lowest BCUT2D eigenvalue weighted by atomic mass is 10.1. The van der Waals surface area contributed by atoms with Gasteiger partial charge in [-0.2, -0.15) is 0 Å². The summed E-state index contributed by atoms with van der Waals surface area (Å²) in [5.41, 5.74) is 1.57. The minimum atomic E-state index is -2.91. The van der Waals surface area contributed by atoms with E-state index in [1.54, 1.807) is 0 Å². The number of hydrogen-bond acceptors (Lipinski definition) is 4. The van der Waals surface area contributed by atoms with E-state index >= 15 is 0 Å². The van der Waals surface area contributed by atoms with Crippen LogP contribution in [0.5, 0.6) is 0 Å². The molecule has 0 saturated carbocycles. The molecule has 1 aromatic rings. The smallest absolute Gasteiger partial charge is 0.253 e. The average Bonchev–Trinajstić information content (AvgIpc) is 3.00. The highest BCUT2D eigenvalue weighted by Crippen LogP contribution is 2.19. The van der Waals surface area contributed by atoms with E-state index in [0.29, 0.717) is 17.7 Å². The number of rotatable bonds is 3. The monoisotopic (exact) mass is 322 g/mol. The molecular weight excluding hydrogens is 300 g/mol. The number of amides is 1. The number of carbonyl (C=O) groups is 1. The molecule has 1 aromatic carbocycles. The Morgan fingerprint density at radius 3 is 2.41 bits per heavy atom. The molecule has 3 rings (SSSR count). The maximum atomic E-state index is 12.3. The van der Waals surface area contributed by atoms with Crippen LogP contribution in [0, 0.1) is 0 Å². The van der Waals surface area contributed by atoms with Crippen molar-refractivity contribution in [3.8, 4) is 0 Å². The van der Waals surface area contributed by atoms with Crippen LogP contribution in [0.15, 0.2) is 24.3 Å². The van der Waals surface area contributed by atoms with E-state index < -0.39 is 9.84 Å². The number of hydrogen-bond donors (Lipinski definition) is 1. The van der Waals surface area contributed by atoms with Gasteiger partial charge < -0.3 is 10.2 Å². The summed E-state index contributed by atoms with van der Waals surface area (Å²) >= 11 is 0. The Morgan fingerprint density at radius 2 is 1.77 bits per heavy atom. The summed E-state index contributed by atoms with van der Waals surface area (Å²) in [4.78, 5) is 14.1. The first-order valence-corrected chi connectivity index (χ1v) is 9.72. The number of nitrogens with zero attached hydrogens (tertiary/aromatic N) is 1. The number of sulfone groups is 1. The Hall–Kier alpha value is -1.56. The van der Waals surface area contributed by atoms with Crippen LogP contribution in [0.25, 0.3) is 0 Å². The van der Waals surface area contributed by atoms with E-state index in [2.05, 4.69) is 5.32 Å². The molecule has 5 nitrogen and oxygen atoms in total. The minimum absolute atomic E-state index is 0.0288. The predicted molar refractivity (Wildman–Crippen MR) is 86.9 cm³/mol. The number of likely N-dealkylation sites (tertiary alicyclic amines) is 1. The molecule has 0 aliphatic carbocycles. The van der Waals surface area contributed by atoms with E-state index in [9.17, 15) is 13.2 Å². The van der Waals surface area contributed by atoms with Gasteiger partial charge in [0.05, 0.1) is 11.5 Å². The molecule has 6 heteroatoms. The zero-order valence-electron chi connectivity index (χ0n) is 12.6. The van der Waals surface area contributed by atoms with Crippen molar-refractivity contribution < 1.29 is 13.2 Å². The van der Waals surface area contributed by atoms with Gasteiger partial charge in [0.1, 0.15) is 0 Å². The summed E-state index contributed by atoms with van der Waals surface area (Å²) in [6.07, 6.45) is 3.75. The van der Waals surface area contributed by atoms with E-state index in [4.69, 9.17) is 0 Å². The van der Waals surface area contributed by atoms with Gasteiger partial charge in [0.25, 0.3) is 5.91 Å². The predicted octanol–water partition coefficient (Wildman–Crippen LogP) is 1.91. The van der Waals surface area contributed by atoms with E-state index in [-0.39, 0.29) is 17.7 Å². The summed E-state index contributed by atoms with van der Waals surface area (Å²) in [6.45, 7) is 1.69. The molecule has 2 aliphatic heterocycles. The van der Waals surface area contributed by atoms with Gasteiger partial charge in [-0.1, -0.05) is 0 Å². The van der Waals surface area contributed by atoms with Crippen LogP contribution in [0.4, 0.5) is 5.69 Å². The summed E-state index contributed by atoms with van der Waals surface area (Å²) in [6, 6.07) is 7.34. The van der Waals surface area contributed by atoms with E-state index in [1.165, 1.54) is 0 Å². The summed E-state index contributed by atoms with van der Waals surface area (Å²) in [5, 5.41) is 3.27. The number of nitrogens with one attached hydrogen (secondary N) is 1. The zero-order chi connectivity index (χ0) is 15.6. The number of carbonyl (C=O) groups excluding carboxylic acids is 1. The Bertz CT molecular complexity index is 634. The highest BCUT2D eigenvalue weighted by molar-refractivity contribution is 7.91. The second kappa shape index (κ2) is 6.28. The molecule has 1 unspecified atom stereocenters. The van der Waals surface area contributed by atoms with Gasteiger partial charge in [0, 0.05) is 30.4 Å². The van der Waals surface area contributed by atoms with Crippen molar-refractivity contribution in [3.63, 3.8) is 0 Å². The van der Waals surface area contributed by atoms with Crippen LogP contribution in [0.1, 0.15) is 36.0 Å². The number of benzene rings is 1. The molecule has 2 heterocycles. The SMILES string of the molecule is O=C(c1ccc(NC2CCCS(=O)(=O)C2)cc1)N1CCCC1. The first-order valence-electron chi connectivity index (χ1n) is 7.90.